The molecule has 0 bridgehead atoms. The second-order valence-corrected chi connectivity index (χ2v) is 5.99. The summed E-state index contributed by atoms with van der Waals surface area (Å²) in [5.74, 6) is -0.483. The highest BCUT2D eigenvalue weighted by atomic mass is 19.1. The summed E-state index contributed by atoms with van der Waals surface area (Å²) in [7, 11) is 1.65. The maximum Gasteiger partial charge on any atom is 0.271 e. The molecule has 1 heterocycles. The molecule has 0 aliphatic rings. The van der Waals surface area contributed by atoms with E-state index in [0.29, 0.717) is 24.3 Å². The van der Waals surface area contributed by atoms with E-state index >= 15 is 0 Å². The molecule has 1 aromatic heterocycles. The summed E-state index contributed by atoms with van der Waals surface area (Å²) < 4.78 is 14.3. The van der Waals surface area contributed by atoms with Gasteiger partial charge in [0.25, 0.3) is 11.8 Å². The lowest BCUT2D eigenvalue weighted by Crippen LogP contribution is -2.26. The Morgan fingerprint density at radius 2 is 1.74 bits per heavy atom. The van der Waals surface area contributed by atoms with Crippen molar-refractivity contribution >= 4 is 17.6 Å². The molecule has 6 nitrogen and oxygen atoms in total. The first-order chi connectivity index (χ1) is 13.0. The Labute approximate surface area is 156 Å². The fourth-order valence-electron chi connectivity index (χ4n) is 2.54. The molecule has 2 aromatic carbocycles. The van der Waals surface area contributed by atoms with E-state index in [2.05, 4.69) is 15.7 Å². The monoisotopic (exact) mass is 366 g/mol. The number of hydrogen-bond donors (Lipinski definition) is 2. The Balaban J connectivity index is 1.57. The Kier molecular flexibility index (Phi) is 5.61. The van der Waals surface area contributed by atoms with Crippen LogP contribution in [0.2, 0.25) is 0 Å². The number of nitrogens with one attached hydrogen (secondary N) is 2. The second-order valence-electron chi connectivity index (χ2n) is 5.99. The van der Waals surface area contributed by atoms with Gasteiger partial charge in [0, 0.05) is 25.2 Å². The number of amides is 2. The molecule has 0 saturated carbocycles. The molecule has 0 unspecified atom stereocenters. The van der Waals surface area contributed by atoms with Crippen molar-refractivity contribution < 1.29 is 14.0 Å². The summed E-state index contributed by atoms with van der Waals surface area (Å²) in [6.07, 6.45) is 0.580. The van der Waals surface area contributed by atoms with Crippen LogP contribution in [0, 0.1) is 5.82 Å². The second kappa shape index (κ2) is 8.27. The molecule has 0 aliphatic heterocycles. The SMILES string of the molecule is Cn1nc(C(=O)NCCc2ccc(F)cc2)cc1NC(=O)c1ccccc1. The topological polar surface area (TPSA) is 76.0 Å². The number of carbonyl (C=O) groups is 2. The maximum atomic E-state index is 12.9. The molecule has 0 aliphatic carbocycles. The summed E-state index contributed by atoms with van der Waals surface area (Å²) in [6, 6.07) is 16.4. The first-order valence-electron chi connectivity index (χ1n) is 8.46. The zero-order valence-electron chi connectivity index (χ0n) is 14.8. The van der Waals surface area contributed by atoms with E-state index in [4.69, 9.17) is 0 Å². The molecule has 27 heavy (non-hydrogen) atoms. The third-order valence-corrected chi connectivity index (χ3v) is 4.00. The van der Waals surface area contributed by atoms with Crippen LogP contribution < -0.4 is 10.6 Å². The quantitative estimate of drug-likeness (QED) is 0.704. The number of rotatable bonds is 6. The van der Waals surface area contributed by atoms with Gasteiger partial charge < -0.3 is 10.6 Å². The average molecular weight is 366 g/mol. The largest absolute Gasteiger partial charge is 0.350 e. The van der Waals surface area contributed by atoms with Crippen LogP contribution in [0.3, 0.4) is 0 Å². The fraction of sp³-hybridized carbons (Fsp3) is 0.150. The molecule has 0 atom stereocenters. The molecule has 0 spiro atoms. The molecule has 0 saturated heterocycles. The predicted octanol–water partition coefficient (Wildman–Crippen LogP) is 2.78. The highest BCUT2D eigenvalue weighted by Crippen LogP contribution is 2.11. The highest BCUT2D eigenvalue weighted by Gasteiger charge is 2.14. The molecule has 2 N–H and O–H groups in total. The van der Waals surface area contributed by atoms with Gasteiger partial charge in [0.1, 0.15) is 11.6 Å². The van der Waals surface area contributed by atoms with Gasteiger partial charge in [-0.15, -0.1) is 0 Å². The van der Waals surface area contributed by atoms with E-state index in [9.17, 15) is 14.0 Å². The van der Waals surface area contributed by atoms with E-state index in [1.807, 2.05) is 6.07 Å². The third kappa shape index (κ3) is 4.78. The van der Waals surface area contributed by atoms with Crippen LogP contribution in [0.5, 0.6) is 0 Å². The first kappa shape index (κ1) is 18.3. The van der Waals surface area contributed by atoms with Crippen LogP contribution in [0.1, 0.15) is 26.4 Å². The zero-order chi connectivity index (χ0) is 19.2. The minimum atomic E-state index is -0.340. The van der Waals surface area contributed by atoms with Crippen LogP contribution in [0.15, 0.2) is 60.7 Å². The predicted molar refractivity (Wildman–Crippen MR) is 100 cm³/mol. The van der Waals surface area contributed by atoms with Crippen molar-refractivity contribution in [2.24, 2.45) is 7.05 Å². The van der Waals surface area contributed by atoms with Crippen LogP contribution in [0.4, 0.5) is 10.2 Å². The van der Waals surface area contributed by atoms with Crippen LogP contribution in [0.25, 0.3) is 0 Å². The van der Waals surface area contributed by atoms with Gasteiger partial charge in [-0.05, 0) is 36.2 Å². The van der Waals surface area contributed by atoms with Crippen molar-refractivity contribution in [2.75, 3.05) is 11.9 Å². The first-order valence-corrected chi connectivity index (χ1v) is 8.46. The number of anilines is 1. The minimum absolute atomic E-state index is 0.208. The zero-order valence-corrected chi connectivity index (χ0v) is 14.8. The molecular formula is C20H19FN4O2. The Morgan fingerprint density at radius 3 is 2.44 bits per heavy atom. The maximum absolute atomic E-state index is 12.9. The van der Waals surface area contributed by atoms with Crippen molar-refractivity contribution in [3.8, 4) is 0 Å². The average Bonchev–Trinajstić information content (AvgIpc) is 3.04. The number of carbonyl (C=O) groups excluding carboxylic acids is 2. The number of aromatic nitrogens is 2. The summed E-state index contributed by atoms with van der Waals surface area (Å²) >= 11 is 0. The highest BCUT2D eigenvalue weighted by molar-refractivity contribution is 6.04. The normalized spacial score (nSPS) is 10.4. The van der Waals surface area contributed by atoms with E-state index in [1.165, 1.54) is 22.9 Å². The molecular weight excluding hydrogens is 347 g/mol. The van der Waals surface area contributed by atoms with Gasteiger partial charge >= 0.3 is 0 Å². The van der Waals surface area contributed by atoms with Gasteiger partial charge in [0.05, 0.1) is 0 Å². The van der Waals surface area contributed by atoms with Crippen molar-refractivity contribution in [1.82, 2.24) is 15.1 Å². The Bertz CT molecular complexity index is 936. The lowest BCUT2D eigenvalue weighted by Gasteiger charge is -2.04. The molecule has 0 radical (unpaired) electrons. The minimum Gasteiger partial charge on any atom is -0.350 e. The van der Waals surface area contributed by atoms with Gasteiger partial charge in [0.15, 0.2) is 5.69 Å². The summed E-state index contributed by atoms with van der Waals surface area (Å²) in [5.41, 5.74) is 1.65. The number of halogens is 1. The molecule has 138 valence electrons. The number of nitrogens with zero attached hydrogens (tertiary/aromatic N) is 2. The van der Waals surface area contributed by atoms with Crippen molar-refractivity contribution in [1.29, 1.82) is 0 Å². The van der Waals surface area contributed by atoms with E-state index in [0.717, 1.165) is 5.56 Å². The third-order valence-electron chi connectivity index (χ3n) is 4.00. The molecule has 3 aromatic rings. The number of aryl methyl sites for hydroxylation is 1. The Hall–Kier alpha value is -3.48. The summed E-state index contributed by atoms with van der Waals surface area (Å²) in [4.78, 5) is 24.5. The van der Waals surface area contributed by atoms with Crippen LogP contribution in [-0.4, -0.2) is 28.1 Å². The Morgan fingerprint density at radius 1 is 1.04 bits per heavy atom. The van der Waals surface area contributed by atoms with Crippen molar-refractivity contribution in [3.63, 3.8) is 0 Å². The number of benzene rings is 2. The molecule has 2 amide bonds. The van der Waals surface area contributed by atoms with E-state index in [-0.39, 0.29) is 23.3 Å². The van der Waals surface area contributed by atoms with Crippen molar-refractivity contribution in [3.05, 3.63) is 83.3 Å². The molecule has 3 rings (SSSR count). The van der Waals surface area contributed by atoms with Gasteiger partial charge in [-0.25, -0.2) is 4.39 Å². The number of hydrogen-bond acceptors (Lipinski definition) is 3. The van der Waals surface area contributed by atoms with Crippen LogP contribution in [-0.2, 0) is 13.5 Å². The lowest BCUT2D eigenvalue weighted by atomic mass is 10.1. The van der Waals surface area contributed by atoms with E-state index < -0.39 is 0 Å². The molecule has 0 fully saturated rings. The van der Waals surface area contributed by atoms with E-state index in [1.54, 1.807) is 43.4 Å². The standard InChI is InChI=1S/C20H19FN4O2/c1-25-18(23-19(26)15-5-3-2-4-6-15)13-17(24-25)20(27)22-12-11-14-7-9-16(21)10-8-14/h2-10,13H,11-12H2,1H3,(H,22,27)(H,23,26). The van der Waals surface area contributed by atoms with Gasteiger partial charge in [-0.2, -0.15) is 5.10 Å². The van der Waals surface area contributed by atoms with Gasteiger partial charge in [-0.3, -0.25) is 14.3 Å². The van der Waals surface area contributed by atoms with Crippen LogP contribution >= 0.6 is 0 Å². The summed E-state index contributed by atoms with van der Waals surface area (Å²) in [6.45, 7) is 0.396. The van der Waals surface area contributed by atoms with Gasteiger partial charge in [-0.1, -0.05) is 30.3 Å². The van der Waals surface area contributed by atoms with Crippen molar-refractivity contribution in [2.45, 2.75) is 6.42 Å². The molecule has 7 heteroatoms. The lowest BCUT2D eigenvalue weighted by molar-refractivity contribution is 0.0947. The smallest absolute Gasteiger partial charge is 0.271 e. The summed E-state index contributed by atoms with van der Waals surface area (Å²) in [5, 5.41) is 9.64. The van der Waals surface area contributed by atoms with Gasteiger partial charge in [0.2, 0.25) is 0 Å². The fourth-order valence-corrected chi connectivity index (χ4v) is 2.54.